The molecule has 1 rings (SSSR count). The molecule has 1 aromatic rings. The van der Waals surface area contributed by atoms with Gasteiger partial charge in [-0.3, -0.25) is 0 Å². The van der Waals surface area contributed by atoms with E-state index in [1.54, 1.807) is 13.0 Å². The summed E-state index contributed by atoms with van der Waals surface area (Å²) < 4.78 is 10.5. The Hall–Kier alpha value is -1.61. The highest BCUT2D eigenvalue weighted by molar-refractivity contribution is 5.81. The lowest BCUT2D eigenvalue weighted by molar-refractivity contribution is -0.137. The molecule has 98 valence electrons. The molecule has 0 amide bonds. The van der Waals surface area contributed by atoms with Gasteiger partial charge < -0.3 is 9.47 Å². The molecule has 1 atom stereocenters. The van der Waals surface area contributed by atoms with Gasteiger partial charge in [-0.2, -0.15) is 0 Å². The van der Waals surface area contributed by atoms with E-state index in [2.05, 4.69) is 0 Å². The van der Waals surface area contributed by atoms with E-state index in [0.29, 0.717) is 19.6 Å². The molecule has 0 aliphatic carbocycles. The topological polar surface area (TPSA) is 35.5 Å². The number of carbonyl (C=O) groups is 1. The van der Waals surface area contributed by atoms with Crippen molar-refractivity contribution in [2.75, 3.05) is 6.61 Å². The first-order valence-electron chi connectivity index (χ1n) is 6.21. The zero-order valence-electron chi connectivity index (χ0n) is 11.0. The van der Waals surface area contributed by atoms with Gasteiger partial charge >= 0.3 is 5.97 Å². The minimum atomic E-state index is -0.298. The molecule has 0 spiro atoms. The maximum Gasteiger partial charge on any atom is 0.330 e. The van der Waals surface area contributed by atoms with Crippen molar-refractivity contribution < 1.29 is 14.3 Å². The van der Waals surface area contributed by atoms with Crippen molar-refractivity contribution in [3.8, 4) is 0 Å². The van der Waals surface area contributed by atoms with Gasteiger partial charge in [-0.05, 0) is 25.8 Å². The number of hydrogen-bond acceptors (Lipinski definition) is 3. The van der Waals surface area contributed by atoms with Crippen molar-refractivity contribution >= 4 is 5.97 Å². The summed E-state index contributed by atoms with van der Waals surface area (Å²) in [5, 5.41) is 0. The normalized spacial score (nSPS) is 12.6. The van der Waals surface area contributed by atoms with Gasteiger partial charge in [0.1, 0.15) is 0 Å². The zero-order valence-corrected chi connectivity index (χ0v) is 11.0. The maximum atomic E-state index is 11.1. The van der Waals surface area contributed by atoms with Crippen LogP contribution in [0.2, 0.25) is 0 Å². The second kappa shape index (κ2) is 8.48. The van der Waals surface area contributed by atoms with Crippen molar-refractivity contribution in [3.05, 3.63) is 48.0 Å². The Balaban J connectivity index is 2.22. The Morgan fingerprint density at radius 1 is 1.33 bits per heavy atom. The molecule has 1 unspecified atom stereocenters. The Bertz CT molecular complexity index is 371. The van der Waals surface area contributed by atoms with E-state index in [0.717, 1.165) is 5.56 Å². The lowest BCUT2D eigenvalue weighted by Gasteiger charge is -2.10. The van der Waals surface area contributed by atoms with Crippen molar-refractivity contribution in [1.29, 1.82) is 0 Å². The molecule has 0 saturated carbocycles. The molecular weight excluding hydrogens is 228 g/mol. The smallest absolute Gasteiger partial charge is 0.330 e. The van der Waals surface area contributed by atoms with Gasteiger partial charge in [-0.25, -0.2) is 4.79 Å². The highest BCUT2D eigenvalue weighted by Gasteiger charge is 2.01. The minimum absolute atomic E-state index is 0.0795. The van der Waals surface area contributed by atoms with Crippen LogP contribution in [0.5, 0.6) is 0 Å². The summed E-state index contributed by atoms with van der Waals surface area (Å²) in [6.07, 6.45) is 4.02. The van der Waals surface area contributed by atoms with Gasteiger partial charge in [0.15, 0.2) is 0 Å². The van der Waals surface area contributed by atoms with E-state index >= 15 is 0 Å². The lowest BCUT2D eigenvalue weighted by atomic mass is 10.2. The molecule has 3 nitrogen and oxygen atoms in total. The minimum Gasteiger partial charge on any atom is -0.463 e. The van der Waals surface area contributed by atoms with Crippen molar-refractivity contribution in [2.45, 2.75) is 33.0 Å². The van der Waals surface area contributed by atoms with Crippen LogP contribution in [0.1, 0.15) is 25.8 Å². The Labute approximate surface area is 108 Å². The third-order valence-corrected chi connectivity index (χ3v) is 2.39. The van der Waals surface area contributed by atoms with Crippen LogP contribution in [0, 0.1) is 0 Å². The lowest BCUT2D eigenvalue weighted by Crippen LogP contribution is -2.07. The first-order valence-corrected chi connectivity index (χ1v) is 6.21. The van der Waals surface area contributed by atoms with Crippen molar-refractivity contribution in [1.82, 2.24) is 0 Å². The van der Waals surface area contributed by atoms with Crippen LogP contribution in [0.4, 0.5) is 0 Å². The molecule has 0 heterocycles. The molecule has 0 aliphatic rings. The summed E-state index contributed by atoms with van der Waals surface area (Å²) in [5.41, 5.74) is 1.15. The molecular formula is C15H20O3. The van der Waals surface area contributed by atoms with Crippen molar-refractivity contribution in [2.24, 2.45) is 0 Å². The van der Waals surface area contributed by atoms with Gasteiger partial charge in [0, 0.05) is 6.08 Å². The van der Waals surface area contributed by atoms with Crippen LogP contribution >= 0.6 is 0 Å². The molecule has 0 saturated heterocycles. The quantitative estimate of drug-likeness (QED) is 0.549. The number of esters is 1. The fourth-order valence-corrected chi connectivity index (χ4v) is 1.43. The zero-order chi connectivity index (χ0) is 13.2. The summed E-state index contributed by atoms with van der Waals surface area (Å²) in [5.74, 6) is -0.298. The fourth-order valence-electron chi connectivity index (χ4n) is 1.43. The molecule has 0 bridgehead atoms. The van der Waals surface area contributed by atoms with Crippen LogP contribution in [0.15, 0.2) is 42.5 Å². The van der Waals surface area contributed by atoms with Gasteiger partial charge in [0.05, 0.1) is 19.3 Å². The van der Waals surface area contributed by atoms with Crippen molar-refractivity contribution in [3.63, 3.8) is 0 Å². The highest BCUT2D eigenvalue weighted by atomic mass is 16.5. The van der Waals surface area contributed by atoms with E-state index in [4.69, 9.17) is 9.47 Å². The highest BCUT2D eigenvalue weighted by Crippen LogP contribution is 2.06. The van der Waals surface area contributed by atoms with Crippen LogP contribution in [0.3, 0.4) is 0 Å². The number of carbonyl (C=O) groups excluding carboxylic acids is 1. The van der Waals surface area contributed by atoms with Gasteiger partial charge in [0.2, 0.25) is 0 Å². The van der Waals surface area contributed by atoms with Gasteiger partial charge in [0.25, 0.3) is 0 Å². The summed E-state index contributed by atoms with van der Waals surface area (Å²) >= 11 is 0. The molecule has 18 heavy (non-hydrogen) atoms. The van der Waals surface area contributed by atoms with E-state index in [-0.39, 0.29) is 12.1 Å². The second-order valence-corrected chi connectivity index (χ2v) is 4.00. The van der Waals surface area contributed by atoms with Crippen LogP contribution in [0.25, 0.3) is 0 Å². The van der Waals surface area contributed by atoms with Crippen LogP contribution in [-0.4, -0.2) is 18.7 Å². The Morgan fingerprint density at radius 2 is 2.06 bits per heavy atom. The summed E-state index contributed by atoms with van der Waals surface area (Å²) in [4.78, 5) is 11.1. The van der Waals surface area contributed by atoms with E-state index < -0.39 is 0 Å². The molecule has 0 N–H and O–H groups in total. The van der Waals surface area contributed by atoms with Gasteiger partial charge in [-0.15, -0.1) is 0 Å². The Kier molecular flexibility index (Phi) is 6.81. The average Bonchev–Trinajstić information content (AvgIpc) is 2.38. The predicted octanol–water partition coefficient (Wildman–Crippen LogP) is 3.10. The molecule has 0 aromatic heterocycles. The predicted molar refractivity (Wildman–Crippen MR) is 71.1 cm³/mol. The number of benzene rings is 1. The van der Waals surface area contributed by atoms with Crippen LogP contribution < -0.4 is 0 Å². The third-order valence-electron chi connectivity index (χ3n) is 2.39. The largest absolute Gasteiger partial charge is 0.463 e. The maximum absolute atomic E-state index is 11.1. The summed E-state index contributed by atoms with van der Waals surface area (Å²) in [6, 6.07) is 10.0. The van der Waals surface area contributed by atoms with E-state index in [1.807, 2.05) is 37.3 Å². The molecule has 0 fully saturated rings. The standard InChI is InChI=1S/C15H20O3/c1-3-17-15(16)11-7-8-13(2)18-12-14-9-5-4-6-10-14/h4-7,9-11,13H,3,8,12H2,1-2H3. The molecule has 0 radical (unpaired) electrons. The van der Waals surface area contributed by atoms with Crippen LogP contribution in [-0.2, 0) is 20.9 Å². The van der Waals surface area contributed by atoms with Gasteiger partial charge in [-0.1, -0.05) is 36.4 Å². The second-order valence-electron chi connectivity index (χ2n) is 4.00. The average molecular weight is 248 g/mol. The SMILES string of the molecule is CCOC(=O)C=CCC(C)OCc1ccccc1. The summed E-state index contributed by atoms with van der Waals surface area (Å²) in [7, 11) is 0. The first-order chi connectivity index (χ1) is 8.72. The monoisotopic (exact) mass is 248 g/mol. The molecule has 0 aliphatic heterocycles. The number of hydrogen-bond donors (Lipinski definition) is 0. The first kappa shape index (κ1) is 14.5. The molecule has 3 heteroatoms. The fraction of sp³-hybridized carbons (Fsp3) is 0.400. The number of rotatable bonds is 7. The molecule has 1 aromatic carbocycles. The summed E-state index contributed by atoms with van der Waals surface area (Å²) in [6.45, 7) is 4.77. The third kappa shape index (κ3) is 6.21. The van der Waals surface area contributed by atoms with E-state index in [9.17, 15) is 4.79 Å². The van der Waals surface area contributed by atoms with E-state index in [1.165, 1.54) is 6.08 Å². The Morgan fingerprint density at radius 3 is 2.72 bits per heavy atom. The number of ether oxygens (including phenoxy) is 2.